The van der Waals surface area contributed by atoms with Crippen LogP contribution in [0.2, 0.25) is 0 Å². The van der Waals surface area contributed by atoms with Gasteiger partial charge in [0.1, 0.15) is 0 Å². The molecule has 1 saturated heterocycles. The van der Waals surface area contributed by atoms with Gasteiger partial charge in [0.25, 0.3) is 0 Å². The number of aromatic nitrogens is 2. The van der Waals surface area contributed by atoms with E-state index in [2.05, 4.69) is 50.1 Å². The van der Waals surface area contributed by atoms with E-state index in [0.717, 1.165) is 68.4 Å². The first-order valence-electron chi connectivity index (χ1n) is 12.0. The molecule has 1 unspecified atom stereocenters. The number of hydrogen-bond acceptors (Lipinski definition) is 4. The predicted octanol–water partition coefficient (Wildman–Crippen LogP) is 5.32. The van der Waals surface area contributed by atoms with Gasteiger partial charge >= 0.3 is 6.18 Å². The summed E-state index contributed by atoms with van der Waals surface area (Å²) >= 11 is 0. The third-order valence-electron chi connectivity index (χ3n) is 7.05. The molecule has 0 bridgehead atoms. The predicted molar refractivity (Wildman–Crippen MR) is 134 cm³/mol. The molecule has 8 heteroatoms. The Bertz CT molecular complexity index is 1310. The van der Waals surface area contributed by atoms with Crippen LogP contribution in [0, 0.1) is 0 Å². The molecule has 0 radical (unpaired) electrons. The van der Waals surface area contributed by atoms with E-state index in [1.165, 1.54) is 23.3 Å². The van der Waals surface area contributed by atoms with E-state index in [-0.39, 0.29) is 5.56 Å². The standard InChI is InChI=1S/C28H29F3N4O/c1-27(36,28(29,30)31)24-9-7-23(8-10-24)22-5-2-20(3-6-22)17-34-12-14-35(15-13-34)18-21-4-11-25-26(16-21)33-19-32-25/h2-11,16,19,36H,12-15,17-18H2,1H3,(H,32,33). The lowest BCUT2D eigenvalue weighted by molar-refractivity contribution is -0.258. The number of halogens is 3. The lowest BCUT2D eigenvalue weighted by Crippen LogP contribution is -2.45. The summed E-state index contributed by atoms with van der Waals surface area (Å²) in [6, 6.07) is 20.4. The number of alkyl halides is 3. The fourth-order valence-electron chi connectivity index (χ4n) is 4.66. The van der Waals surface area contributed by atoms with Gasteiger partial charge < -0.3 is 10.1 Å². The maximum atomic E-state index is 13.1. The van der Waals surface area contributed by atoms with E-state index < -0.39 is 11.8 Å². The number of aromatic amines is 1. The highest BCUT2D eigenvalue weighted by molar-refractivity contribution is 5.75. The van der Waals surface area contributed by atoms with Gasteiger partial charge in [0.15, 0.2) is 5.60 Å². The SMILES string of the molecule is CC(O)(c1ccc(-c2ccc(CN3CCN(Cc4ccc5nc[nH]c5c4)CC3)cc2)cc1)C(F)(F)F. The first-order valence-corrected chi connectivity index (χ1v) is 12.0. The van der Waals surface area contributed by atoms with Crippen molar-refractivity contribution in [3.8, 4) is 11.1 Å². The number of hydrogen-bond donors (Lipinski definition) is 2. The number of nitrogens with zero attached hydrogens (tertiary/aromatic N) is 3. The summed E-state index contributed by atoms with van der Waals surface area (Å²) < 4.78 is 39.2. The molecular weight excluding hydrogens is 465 g/mol. The Kier molecular flexibility index (Phi) is 6.59. The molecule has 0 spiro atoms. The van der Waals surface area contributed by atoms with Crippen LogP contribution in [0.25, 0.3) is 22.2 Å². The summed E-state index contributed by atoms with van der Waals surface area (Å²) in [4.78, 5) is 12.4. The number of rotatable bonds is 6. The Morgan fingerprint density at radius 1 is 0.806 bits per heavy atom. The molecule has 1 fully saturated rings. The number of H-pyrrole nitrogens is 1. The average molecular weight is 495 g/mol. The van der Waals surface area contributed by atoms with Crippen molar-refractivity contribution < 1.29 is 18.3 Å². The first-order chi connectivity index (χ1) is 17.2. The molecule has 188 valence electrons. The molecule has 2 heterocycles. The van der Waals surface area contributed by atoms with Crippen molar-refractivity contribution in [2.24, 2.45) is 0 Å². The number of aliphatic hydroxyl groups is 1. The number of benzene rings is 3. The molecule has 5 nitrogen and oxygen atoms in total. The van der Waals surface area contributed by atoms with Crippen LogP contribution in [0.4, 0.5) is 13.2 Å². The minimum Gasteiger partial charge on any atom is -0.376 e. The van der Waals surface area contributed by atoms with Crippen molar-refractivity contribution in [3.63, 3.8) is 0 Å². The maximum Gasteiger partial charge on any atom is 0.421 e. The summed E-state index contributed by atoms with van der Waals surface area (Å²) in [6.45, 7) is 6.57. The van der Waals surface area contributed by atoms with Crippen LogP contribution in [0.3, 0.4) is 0 Å². The van der Waals surface area contributed by atoms with Gasteiger partial charge in [-0.2, -0.15) is 13.2 Å². The Hall–Kier alpha value is -3.20. The van der Waals surface area contributed by atoms with Crippen molar-refractivity contribution in [1.82, 2.24) is 19.8 Å². The van der Waals surface area contributed by atoms with Gasteiger partial charge in [-0.25, -0.2) is 4.98 Å². The van der Waals surface area contributed by atoms with Crippen molar-refractivity contribution in [3.05, 3.63) is 89.7 Å². The Labute approximate surface area is 208 Å². The number of imidazole rings is 1. The Morgan fingerprint density at radius 3 is 1.92 bits per heavy atom. The summed E-state index contributed by atoms with van der Waals surface area (Å²) in [5, 5.41) is 9.86. The van der Waals surface area contributed by atoms with Gasteiger partial charge in [-0.15, -0.1) is 0 Å². The van der Waals surface area contributed by atoms with Crippen LogP contribution in [-0.2, 0) is 18.7 Å². The van der Waals surface area contributed by atoms with Crippen molar-refractivity contribution >= 4 is 11.0 Å². The Balaban J connectivity index is 1.14. The monoisotopic (exact) mass is 494 g/mol. The lowest BCUT2D eigenvalue weighted by Gasteiger charge is -2.34. The van der Waals surface area contributed by atoms with Gasteiger partial charge in [0, 0.05) is 39.3 Å². The largest absolute Gasteiger partial charge is 0.421 e. The van der Waals surface area contributed by atoms with Crippen LogP contribution in [0.1, 0.15) is 23.6 Å². The van der Waals surface area contributed by atoms with E-state index in [4.69, 9.17) is 0 Å². The molecule has 0 amide bonds. The normalized spacial score (nSPS) is 17.4. The summed E-state index contributed by atoms with van der Waals surface area (Å²) in [5.41, 5.74) is 3.24. The zero-order chi connectivity index (χ0) is 25.3. The van der Waals surface area contributed by atoms with E-state index in [9.17, 15) is 18.3 Å². The second kappa shape index (κ2) is 9.69. The van der Waals surface area contributed by atoms with Crippen LogP contribution in [0.15, 0.2) is 73.1 Å². The molecule has 1 atom stereocenters. The fourth-order valence-corrected chi connectivity index (χ4v) is 4.66. The van der Waals surface area contributed by atoms with Gasteiger partial charge in [-0.05, 0) is 46.9 Å². The van der Waals surface area contributed by atoms with Crippen LogP contribution >= 0.6 is 0 Å². The molecule has 4 aromatic rings. The smallest absolute Gasteiger partial charge is 0.376 e. The summed E-state index contributed by atoms with van der Waals surface area (Å²) in [7, 11) is 0. The summed E-state index contributed by atoms with van der Waals surface area (Å²) in [6.07, 6.45) is -3.00. The molecule has 1 aliphatic rings. The first kappa shape index (κ1) is 24.5. The number of piperazine rings is 1. The van der Waals surface area contributed by atoms with Gasteiger partial charge in [-0.3, -0.25) is 9.80 Å². The number of fused-ring (bicyclic) bond motifs is 1. The van der Waals surface area contributed by atoms with E-state index in [0.29, 0.717) is 0 Å². The third-order valence-corrected chi connectivity index (χ3v) is 7.05. The van der Waals surface area contributed by atoms with Crippen LogP contribution in [0.5, 0.6) is 0 Å². The third kappa shape index (κ3) is 5.16. The molecule has 0 aliphatic carbocycles. The molecule has 5 rings (SSSR count). The van der Waals surface area contributed by atoms with Gasteiger partial charge in [-0.1, -0.05) is 54.6 Å². The molecule has 3 aromatic carbocycles. The summed E-state index contributed by atoms with van der Waals surface area (Å²) in [5.74, 6) is 0. The molecule has 2 N–H and O–H groups in total. The molecule has 1 aromatic heterocycles. The maximum absolute atomic E-state index is 13.1. The topological polar surface area (TPSA) is 55.4 Å². The highest BCUT2D eigenvalue weighted by atomic mass is 19.4. The Morgan fingerprint density at radius 2 is 1.33 bits per heavy atom. The van der Waals surface area contributed by atoms with Gasteiger partial charge in [0.2, 0.25) is 0 Å². The van der Waals surface area contributed by atoms with Gasteiger partial charge in [0.05, 0.1) is 17.4 Å². The zero-order valence-corrected chi connectivity index (χ0v) is 20.1. The molecule has 36 heavy (non-hydrogen) atoms. The van der Waals surface area contributed by atoms with Crippen molar-refractivity contribution in [2.45, 2.75) is 31.8 Å². The second-order valence-electron chi connectivity index (χ2n) is 9.65. The van der Waals surface area contributed by atoms with Crippen LogP contribution in [-0.4, -0.2) is 57.2 Å². The van der Waals surface area contributed by atoms with Crippen LogP contribution < -0.4 is 0 Å². The minimum atomic E-state index is -4.73. The highest BCUT2D eigenvalue weighted by Gasteiger charge is 2.51. The second-order valence-corrected chi connectivity index (χ2v) is 9.65. The average Bonchev–Trinajstić information content (AvgIpc) is 3.33. The quantitative estimate of drug-likeness (QED) is 0.381. The van der Waals surface area contributed by atoms with Crippen molar-refractivity contribution in [2.75, 3.05) is 26.2 Å². The molecule has 0 saturated carbocycles. The zero-order valence-electron chi connectivity index (χ0n) is 20.1. The van der Waals surface area contributed by atoms with E-state index in [1.807, 2.05) is 12.1 Å². The molecule has 1 aliphatic heterocycles. The number of nitrogens with one attached hydrogen (secondary N) is 1. The van der Waals surface area contributed by atoms with E-state index in [1.54, 1.807) is 18.5 Å². The molecular formula is C28H29F3N4O. The van der Waals surface area contributed by atoms with E-state index >= 15 is 0 Å². The highest BCUT2D eigenvalue weighted by Crippen LogP contribution is 2.39. The minimum absolute atomic E-state index is 0.170. The van der Waals surface area contributed by atoms with Crippen molar-refractivity contribution in [1.29, 1.82) is 0 Å². The lowest BCUT2D eigenvalue weighted by atomic mass is 9.93. The fraction of sp³-hybridized carbons (Fsp3) is 0.321.